The zero-order chi connectivity index (χ0) is 16.2. The topological polar surface area (TPSA) is 68.4 Å². The number of aryl methyl sites for hydroxylation is 1. The van der Waals surface area contributed by atoms with Crippen molar-refractivity contribution in [3.05, 3.63) is 65.5 Å². The highest BCUT2D eigenvalue weighted by Crippen LogP contribution is 2.20. The number of aromatic nitrogens is 2. The van der Waals surface area contributed by atoms with Gasteiger partial charge >= 0.3 is 0 Å². The number of hydrogen-bond donors (Lipinski definition) is 1. The van der Waals surface area contributed by atoms with Crippen LogP contribution in [0.3, 0.4) is 0 Å². The molecule has 0 amide bonds. The molecule has 3 rings (SSSR count). The molecule has 1 unspecified atom stereocenters. The number of ether oxygens (including phenoxy) is 1. The van der Waals surface area contributed by atoms with Gasteiger partial charge in [0.15, 0.2) is 6.61 Å². The Morgan fingerprint density at radius 1 is 1.17 bits per heavy atom. The first kappa shape index (κ1) is 15.2. The highest BCUT2D eigenvalue weighted by molar-refractivity contribution is 5.54. The lowest BCUT2D eigenvalue weighted by molar-refractivity contribution is 0.197. The second-order valence-corrected chi connectivity index (χ2v) is 5.41. The van der Waals surface area contributed by atoms with E-state index in [2.05, 4.69) is 10.1 Å². The monoisotopic (exact) mass is 310 g/mol. The van der Waals surface area contributed by atoms with Crippen molar-refractivity contribution in [1.29, 1.82) is 0 Å². The van der Waals surface area contributed by atoms with Crippen LogP contribution in [-0.2, 0) is 6.61 Å². The van der Waals surface area contributed by atoms with Crippen molar-refractivity contribution in [2.45, 2.75) is 26.6 Å². The number of benzene rings is 2. The highest BCUT2D eigenvalue weighted by atomic mass is 16.5. The summed E-state index contributed by atoms with van der Waals surface area (Å²) < 4.78 is 10.9. The van der Waals surface area contributed by atoms with Crippen LogP contribution in [0.4, 0.5) is 0 Å². The number of rotatable bonds is 5. The van der Waals surface area contributed by atoms with E-state index in [4.69, 9.17) is 9.26 Å². The van der Waals surface area contributed by atoms with Crippen LogP contribution in [0.2, 0.25) is 0 Å². The smallest absolute Gasteiger partial charge is 0.264 e. The Bertz CT molecular complexity index is 779. The summed E-state index contributed by atoms with van der Waals surface area (Å²) in [5.74, 6) is 1.60. The van der Waals surface area contributed by atoms with Crippen LogP contribution < -0.4 is 4.74 Å². The molecule has 0 saturated heterocycles. The lowest BCUT2D eigenvalue weighted by Crippen LogP contribution is -1.97. The van der Waals surface area contributed by atoms with Crippen molar-refractivity contribution >= 4 is 0 Å². The van der Waals surface area contributed by atoms with E-state index in [0.717, 1.165) is 11.1 Å². The quantitative estimate of drug-likeness (QED) is 0.778. The van der Waals surface area contributed by atoms with Gasteiger partial charge in [0, 0.05) is 5.56 Å². The standard InChI is InChI=1S/C18H18N2O3/c1-12-6-8-14(9-7-12)18-19-17(23-20-18)11-22-16-5-3-4-15(10-16)13(2)21/h3-10,13,21H,11H2,1-2H3. The van der Waals surface area contributed by atoms with Gasteiger partial charge in [0.1, 0.15) is 5.75 Å². The molecule has 0 aliphatic carbocycles. The fourth-order valence-corrected chi connectivity index (χ4v) is 2.14. The first-order valence-electron chi connectivity index (χ1n) is 7.42. The lowest BCUT2D eigenvalue weighted by Gasteiger charge is -2.07. The molecule has 0 aliphatic rings. The van der Waals surface area contributed by atoms with Gasteiger partial charge in [0.25, 0.3) is 5.89 Å². The van der Waals surface area contributed by atoms with E-state index in [1.807, 2.05) is 49.4 Å². The first-order valence-corrected chi connectivity index (χ1v) is 7.42. The fourth-order valence-electron chi connectivity index (χ4n) is 2.14. The minimum Gasteiger partial charge on any atom is -0.484 e. The number of nitrogens with zero attached hydrogens (tertiary/aromatic N) is 2. The molecule has 0 saturated carbocycles. The molecule has 1 aromatic heterocycles. The van der Waals surface area contributed by atoms with Crippen molar-refractivity contribution < 1.29 is 14.4 Å². The number of hydrogen-bond acceptors (Lipinski definition) is 5. The van der Waals surface area contributed by atoms with Crippen LogP contribution in [0.1, 0.15) is 30.0 Å². The van der Waals surface area contributed by atoms with Gasteiger partial charge < -0.3 is 14.4 Å². The molecule has 0 aliphatic heterocycles. The predicted molar refractivity (Wildman–Crippen MR) is 85.9 cm³/mol. The Labute approximate surface area is 134 Å². The summed E-state index contributed by atoms with van der Waals surface area (Å²) in [7, 11) is 0. The van der Waals surface area contributed by atoms with Crippen LogP contribution in [-0.4, -0.2) is 15.2 Å². The van der Waals surface area contributed by atoms with Gasteiger partial charge in [-0.15, -0.1) is 0 Å². The molecule has 0 bridgehead atoms. The molecule has 0 radical (unpaired) electrons. The van der Waals surface area contributed by atoms with E-state index in [9.17, 15) is 5.11 Å². The molecule has 0 spiro atoms. The van der Waals surface area contributed by atoms with Crippen LogP contribution in [0, 0.1) is 6.92 Å². The van der Waals surface area contributed by atoms with Crippen LogP contribution in [0.15, 0.2) is 53.1 Å². The largest absolute Gasteiger partial charge is 0.484 e. The first-order chi connectivity index (χ1) is 11.1. The lowest BCUT2D eigenvalue weighted by atomic mass is 10.1. The van der Waals surface area contributed by atoms with E-state index in [1.54, 1.807) is 13.0 Å². The summed E-state index contributed by atoms with van der Waals surface area (Å²) in [5, 5.41) is 13.6. The Kier molecular flexibility index (Phi) is 4.39. The molecule has 1 atom stereocenters. The third-order valence-electron chi connectivity index (χ3n) is 3.48. The SMILES string of the molecule is Cc1ccc(-c2noc(COc3cccc(C(C)O)c3)n2)cc1. The van der Waals surface area contributed by atoms with E-state index in [-0.39, 0.29) is 6.61 Å². The number of aliphatic hydroxyl groups excluding tert-OH is 1. The molecule has 1 N–H and O–H groups in total. The van der Waals surface area contributed by atoms with E-state index in [0.29, 0.717) is 17.5 Å². The van der Waals surface area contributed by atoms with Gasteiger partial charge in [0.05, 0.1) is 6.10 Å². The fraction of sp³-hybridized carbons (Fsp3) is 0.222. The molecule has 5 heteroatoms. The van der Waals surface area contributed by atoms with Crippen molar-refractivity contribution in [3.63, 3.8) is 0 Å². The summed E-state index contributed by atoms with van der Waals surface area (Å²) in [4.78, 5) is 4.33. The summed E-state index contributed by atoms with van der Waals surface area (Å²) in [6.07, 6.45) is -0.532. The third kappa shape index (κ3) is 3.76. The van der Waals surface area contributed by atoms with Gasteiger partial charge in [-0.2, -0.15) is 4.98 Å². The van der Waals surface area contributed by atoms with Gasteiger partial charge in [-0.1, -0.05) is 47.1 Å². The second kappa shape index (κ2) is 6.62. The summed E-state index contributed by atoms with van der Waals surface area (Å²) in [6, 6.07) is 15.2. The molecule has 23 heavy (non-hydrogen) atoms. The normalized spacial score (nSPS) is 12.1. The van der Waals surface area contributed by atoms with Crippen LogP contribution in [0.5, 0.6) is 5.75 Å². The maximum Gasteiger partial charge on any atom is 0.264 e. The van der Waals surface area contributed by atoms with Crippen molar-refractivity contribution in [1.82, 2.24) is 10.1 Å². The molecule has 1 heterocycles. The van der Waals surface area contributed by atoms with Crippen molar-refractivity contribution in [2.24, 2.45) is 0 Å². The molecule has 118 valence electrons. The molecule has 5 nitrogen and oxygen atoms in total. The molecule has 2 aromatic carbocycles. The maximum atomic E-state index is 9.59. The highest BCUT2D eigenvalue weighted by Gasteiger charge is 2.09. The summed E-state index contributed by atoms with van der Waals surface area (Å²) in [6.45, 7) is 3.92. The Morgan fingerprint density at radius 3 is 2.70 bits per heavy atom. The average Bonchev–Trinajstić information content (AvgIpc) is 3.03. The van der Waals surface area contributed by atoms with Crippen LogP contribution >= 0.6 is 0 Å². The van der Waals surface area contributed by atoms with E-state index in [1.165, 1.54) is 5.56 Å². The predicted octanol–water partition coefficient (Wildman–Crippen LogP) is 3.68. The van der Waals surface area contributed by atoms with E-state index < -0.39 is 6.10 Å². The van der Waals surface area contributed by atoms with Gasteiger partial charge in [-0.25, -0.2) is 0 Å². The maximum absolute atomic E-state index is 9.59. The molecule has 0 fully saturated rings. The van der Waals surface area contributed by atoms with Gasteiger partial charge in [-0.05, 0) is 31.5 Å². The molecular weight excluding hydrogens is 292 g/mol. The second-order valence-electron chi connectivity index (χ2n) is 5.41. The summed E-state index contributed by atoms with van der Waals surface area (Å²) >= 11 is 0. The van der Waals surface area contributed by atoms with Crippen LogP contribution in [0.25, 0.3) is 11.4 Å². The van der Waals surface area contributed by atoms with Crippen molar-refractivity contribution in [2.75, 3.05) is 0 Å². The summed E-state index contributed by atoms with van der Waals surface area (Å²) in [5.41, 5.74) is 2.88. The molecular formula is C18H18N2O3. The van der Waals surface area contributed by atoms with Crippen molar-refractivity contribution in [3.8, 4) is 17.1 Å². The number of aliphatic hydroxyl groups is 1. The Hall–Kier alpha value is -2.66. The Balaban J connectivity index is 1.67. The average molecular weight is 310 g/mol. The third-order valence-corrected chi connectivity index (χ3v) is 3.48. The minimum atomic E-state index is -0.532. The zero-order valence-electron chi connectivity index (χ0n) is 13.1. The van der Waals surface area contributed by atoms with Gasteiger partial charge in [-0.3, -0.25) is 0 Å². The minimum absolute atomic E-state index is 0.183. The van der Waals surface area contributed by atoms with Gasteiger partial charge in [0.2, 0.25) is 5.82 Å². The zero-order valence-corrected chi connectivity index (χ0v) is 13.1. The van der Waals surface area contributed by atoms with E-state index >= 15 is 0 Å². The molecule has 3 aromatic rings. The Morgan fingerprint density at radius 2 is 1.96 bits per heavy atom.